The van der Waals surface area contributed by atoms with Crippen LogP contribution in [0.2, 0.25) is 0 Å². The van der Waals surface area contributed by atoms with E-state index in [2.05, 4.69) is 23.2 Å². The lowest BCUT2D eigenvalue weighted by Crippen LogP contribution is -2.75. The lowest BCUT2D eigenvalue weighted by Gasteiger charge is -2.52. The zero-order valence-corrected chi connectivity index (χ0v) is 21.5. The molecule has 5 rings (SSSR count). The molecule has 0 aromatic heterocycles. The molecule has 36 heavy (non-hydrogen) atoms. The van der Waals surface area contributed by atoms with Gasteiger partial charge in [-0.15, -0.1) is 0 Å². The summed E-state index contributed by atoms with van der Waals surface area (Å²) in [6, 6.07) is 5.26. The predicted molar refractivity (Wildman–Crippen MR) is 136 cm³/mol. The van der Waals surface area contributed by atoms with Crippen LogP contribution in [0.25, 0.3) is 0 Å². The van der Waals surface area contributed by atoms with E-state index in [4.69, 9.17) is 9.47 Å². The SMILES string of the molecule is CCCCN1C(=O)[C@@H]([C@@H](O)C2CCCCC2)NC(=O)C12CCN(Cc1ccc3c(c1)OCCO3)CC2. The largest absolute Gasteiger partial charge is 0.486 e. The van der Waals surface area contributed by atoms with Gasteiger partial charge < -0.3 is 24.8 Å². The van der Waals surface area contributed by atoms with E-state index in [9.17, 15) is 14.7 Å². The van der Waals surface area contributed by atoms with E-state index in [1.165, 1.54) is 6.42 Å². The van der Waals surface area contributed by atoms with Gasteiger partial charge in [0.05, 0.1) is 6.10 Å². The van der Waals surface area contributed by atoms with Crippen molar-refractivity contribution in [3.05, 3.63) is 23.8 Å². The minimum atomic E-state index is -0.821. The molecule has 0 unspecified atom stereocenters. The fraction of sp³-hybridized carbons (Fsp3) is 0.714. The van der Waals surface area contributed by atoms with Crippen LogP contribution in [0.15, 0.2) is 18.2 Å². The van der Waals surface area contributed by atoms with E-state index in [1.54, 1.807) is 0 Å². The van der Waals surface area contributed by atoms with Gasteiger partial charge in [-0.2, -0.15) is 0 Å². The molecule has 4 aliphatic rings. The molecule has 3 fully saturated rings. The number of ether oxygens (including phenoxy) is 2. The zero-order chi connectivity index (χ0) is 25.1. The van der Waals surface area contributed by atoms with Crippen LogP contribution < -0.4 is 14.8 Å². The minimum Gasteiger partial charge on any atom is -0.486 e. The van der Waals surface area contributed by atoms with Crippen molar-refractivity contribution in [2.24, 2.45) is 5.92 Å². The highest BCUT2D eigenvalue weighted by Gasteiger charge is 2.55. The Morgan fingerprint density at radius 1 is 1.08 bits per heavy atom. The molecule has 2 saturated heterocycles. The second-order valence-corrected chi connectivity index (χ2v) is 11.0. The van der Waals surface area contributed by atoms with Crippen LogP contribution in [-0.2, 0) is 16.1 Å². The van der Waals surface area contributed by atoms with Crippen LogP contribution in [0.4, 0.5) is 0 Å². The number of hydrogen-bond acceptors (Lipinski definition) is 6. The van der Waals surface area contributed by atoms with Crippen LogP contribution in [0.5, 0.6) is 11.5 Å². The Morgan fingerprint density at radius 3 is 2.53 bits per heavy atom. The third-order valence-electron chi connectivity index (χ3n) is 8.66. The van der Waals surface area contributed by atoms with Gasteiger partial charge in [0.1, 0.15) is 24.8 Å². The van der Waals surface area contributed by atoms with Gasteiger partial charge in [0.15, 0.2) is 11.5 Å². The number of aliphatic hydroxyl groups excluding tert-OH is 1. The number of hydrogen-bond donors (Lipinski definition) is 2. The maximum atomic E-state index is 13.8. The van der Waals surface area contributed by atoms with Crippen molar-refractivity contribution >= 4 is 11.8 Å². The fourth-order valence-corrected chi connectivity index (χ4v) is 6.48. The summed E-state index contributed by atoms with van der Waals surface area (Å²) in [5.41, 5.74) is 0.330. The molecule has 8 heteroatoms. The average Bonchev–Trinajstić information content (AvgIpc) is 2.92. The number of aliphatic hydroxyl groups is 1. The van der Waals surface area contributed by atoms with Crippen LogP contribution >= 0.6 is 0 Å². The summed E-state index contributed by atoms with van der Waals surface area (Å²) in [6.45, 7) is 6.04. The Kier molecular flexibility index (Phi) is 7.72. The molecule has 3 aliphatic heterocycles. The summed E-state index contributed by atoms with van der Waals surface area (Å²) in [5, 5.41) is 14.1. The molecule has 2 amide bonds. The Balaban J connectivity index is 1.27. The van der Waals surface area contributed by atoms with Crippen LogP contribution in [0.3, 0.4) is 0 Å². The standard InChI is InChI=1S/C28H41N3O5/c1-2-3-13-31-26(33)24(25(32)21-7-5-4-6-8-21)29-27(34)28(31)11-14-30(15-12-28)19-20-9-10-22-23(18-20)36-17-16-35-22/h9-10,18,21,24-25,32H,2-8,11-17,19H2,1H3,(H,29,34)/t24-,25+/m1/s1. The first-order valence-electron chi connectivity index (χ1n) is 13.9. The van der Waals surface area contributed by atoms with Gasteiger partial charge in [-0.1, -0.05) is 38.7 Å². The minimum absolute atomic E-state index is 0.0860. The molecule has 8 nitrogen and oxygen atoms in total. The van der Waals surface area contributed by atoms with Gasteiger partial charge in [0.25, 0.3) is 0 Å². The van der Waals surface area contributed by atoms with Crippen molar-refractivity contribution in [2.75, 3.05) is 32.8 Å². The van der Waals surface area contributed by atoms with Crippen molar-refractivity contribution in [1.29, 1.82) is 0 Å². The number of unbranched alkanes of at least 4 members (excludes halogenated alkanes) is 1. The van der Waals surface area contributed by atoms with Crippen molar-refractivity contribution in [3.63, 3.8) is 0 Å². The second-order valence-electron chi connectivity index (χ2n) is 11.0. The van der Waals surface area contributed by atoms with Crippen molar-refractivity contribution in [1.82, 2.24) is 15.1 Å². The van der Waals surface area contributed by atoms with E-state index in [1.807, 2.05) is 17.0 Å². The van der Waals surface area contributed by atoms with E-state index in [0.29, 0.717) is 32.6 Å². The number of amides is 2. The quantitative estimate of drug-likeness (QED) is 0.600. The number of rotatable bonds is 7. The summed E-state index contributed by atoms with van der Waals surface area (Å²) in [4.78, 5) is 31.6. The third kappa shape index (κ3) is 4.94. The number of carbonyl (C=O) groups is 2. The summed E-state index contributed by atoms with van der Waals surface area (Å²) in [5.74, 6) is 1.48. The molecular formula is C28H41N3O5. The Bertz CT molecular complexity index is 939. The second kappa shape index (κ2) is 11.0. The molecule has 2 N–H and O–H groups in total. The maximum Gasteiger partial charge on any atom is 0.248 e. The summed E-state index contributed by atoms with van der Waals surface area (Å²) < 4.78 is 11.4. The van der Waals surface area contributed by atoms with Gasteiger partial charge in [0, 0.05) is 26.2 Å². The smallest absolute Gasteiger partial charge is 0.248 e. The van der Waals surface area contributed by atoms with E-state index >= 15 is 0 Å². The molecule has 198 valence electrons. The number of nitrogens with one attached hydrogen (secondary N) is 1. The molecular weight excluding hydrogens is 458 g/mol. The van der Waals surface area contributed by atoms with Crippen molar-refractivity contribution < 1.29 is 24.2 Å². The van der Waals surface area contributed by atoms with Gasteiger partial charge >= 0.3 is 0 Å². The summed E-state index contributed by atoms with van der Waals surface area (Å²) in [7, 11) is 0. The average molecular weight is 500 g/mol. The number of benzene rings is 1. The van der Waals surface area contributed by atoms with E-state index < -0.39 is 17.7 Å². The molecule has 1 aliphatic carbocycles. The van der Waals surface area contributed by atoms with Crippen molar-refractivity contribution in [2.45, 2.75) is 88.9 Å². The molecule has 1 aromatic rings. The highest BCUT2D eigenvalue weighted by molar-refractivity contribution is 6.00. The lowest BCUT2D eigenvalue weighted by atomic mass is 9.78. The number of fused-ring (bicyclic) bond motifs is 1. The predicted octanol–water partition coefficient (Wildman–Crippen LogP) is 2.86. The first-order valence-corrected chi connectivity index (χ1v) is 13.9. The van der Waals surface area contributed by atoms with Gasteiger partial charge in [0.2, 0.25) is 11.8 Å². The van der Waals surface area contributed by atoms with Gasteiger partial charge in [-0.25, -0.2) is 0 Å². The first-order chi connectivity index (χ1) is 17.5. The van der Waals surface area contributed by atoms with E-state index in [0.717, 1.165) is 75.2 Å². The molecule has 1 spiro atoms. The van der Waals surface area contributed by atoms with Gasteiger partial charge in [-0.3, -0.25) is 14.5 Å². The monoisotopic (exact) mass is 499 g/mol. The van der Waals surface area contributed by atoms with Crippen LogP contribution in [0, 0.1) is 5.92 Å². The number of carbonyl (C=O) groups excluding carboxylic acids is 2. The van der Waals surface area contributed by atoms with Gasteiger partial charge in [-0.05, 0) is 55.7 Å². The third-order valence-corrected chi connectivity index (χ3v) is 8.66. The van der Waals surface area contributed by atoms with E-state index in [-0.39, 0.29) is 17.7 Å². The summed E-state index contributed by atoms with van der Waals surface area (Å²) >= 11 is 0. The molecule has 3 heterocycles. The Labute approximate surface area is 214 Å². The first kappa shape index (κ1) is 25.3. The number of likely N-dealkylation sites (tertiary alicyclic amines) is 1. The van der Waals surface area contributed by atoms with Crippen LogP contribution in [-0.4, -0.2) is 77.3 Å². The fourth-order valence-electron chi connectivity index (χ4n) is 6.48. The maximum absolute atomic E-state index is 13.8. The highest BCUT2D eigenvalue weighted by atomic mass is 16.6. The topological polar surface area (TPSA) is 91.3 Å². The number of piperazine rings is 1. The number of piperidine rings is 1. The Morgan fingerprint density at radius 2 is 1.81 bits per heavy atom. The van der Waals surface area contributed by atoms with Crippen LogP contribution in [0.1, 0.15) is 70.3 Å². The molecule has 1 aromatic carbocycles. The highest BCUT2D eigenvalue weighted by Crippen LogP contribution is 2.37. The normalized spacial score (nSPS) is 25.6. The molecule has 2 atom stereocenters. The molecule has 0 radical (unpaired) electrons. The molecule has 0 bridgehead atoms. The number of nitrogens with zero attached hydrogens (tertiary/aromatic N) is 2. The zero-order valence-electron chi connectivity index (χ0n) is 21.5. The molecule has 1 saturated carbocycles. The lowest BCUT2D eigenvalue weighted by molar-refractivity contribution is -0.166. The Hall–Kier alpha value is -2.32. The van der Waals surface area contributed by atoms with Crippen molar-refractivity contribution in [3.8, 4) is 11.5 Å². The summed E-state index contributed by atoms with van der Waals surface area (Å²) in [6.07, 6.45) is 7.41.